The lowest BCUT2D eigenvalue weighted by molar-refractivity contribution is -0.140. The van der Waals surface area contributed by atoms with Gasteiger partial charge < -0.3 is 5.11 Å². The summed E-state index contributed by atoms with van der Waals surface area (Å²) in [6.07, 6.45) is 3.23. The van der Waals surface area contributed by atoms with Gasteiger partial charge in [0.2, 0.25) is 0 Å². The van der Waals surface area contributed by atoms with Gasteiger partial charge in [-0.3, -0.25) is 4.79 Å². The van der Waals surface area contributed by atoms with Crippen molar-refractivity contribution in [1.29, 1.82) is 0 Å². The lowest BCUT2D eigenvalue weighted by Gasteiger charge is -2.27. The summed E-state index contributed by atoms with van der Waals surface area (Å²) in [5, 5.41) is 9.86. The highest BCUT2D eigenvalue weighted by Crippen LogP contribution is 2.34. The van der Waals surface area contributed by atoms with Gasteiger partial charge in [-0.25, -0.2) is 8.42 Å². The third-order valence-corrected chi connectivity index (χ3v) is 6.35. The molecule has 0 spiro atoms. The topological polar surface area (TPSA) is 71.4 Å². The van der Waals surface area contributed by atoms with Crippen molar-refractivity contribution in [1.82, 2.24) is 0 Å². The summed E-state index contributed by atoms with van der Waals surface area (Å²) in [5.41, 5.74) is 2.69. The predicted molar refractivity (Wildman–Crippen MR) is 96.8 cm³/mol. The van der Waals surface area contributed by atoms with E-state index >= 15 is 0 Å². The first-order chi connectivity index (χ1) is 11.0. The molecule has 0 atom stereocenters. The van der Waals surface area contributed by atoms with Gasteiger partial charge in [0.1, 0.15) is 0 Å². The number of rotatable bonds is 7. The molecule has 1 aromatic carbocycles. The predicted octanol–water partition coefficient (Wildman–Crippen LogP) is 4.30. The van der Waals surface area contributed by atoms with Crippen LogP contribution >= 0.6 is 0 Å². The van der Waals surface area contributed by atoms with Gasteiger partial charge in [0.15, 0.2) is 14.6 Å². The largest absolute Gasteiger partial charge is 0.480 e. The molecule has 0 heterocycles. The summed E-state index contributed by atoms with van der Waals surface area (Å²) in [6.45, 7) is 9.16. The zero-order valence-electron chi connectivity index (χ0n) is 15.0. The zero-order valence-corrected chi connectivity index (χ0v) is 15.8. The molecule has 132 valence electrons. The Kier molecular flexibility index (Phi) is 6.55. The zero-order chi connectivity index (χ0) is 18.5. The summed E-state index contributed by atoms with van der Waals surface area (Å²) in [7, 11) is -4.06. The summed E-state index contributed by atoms with van der Waals surface area (Å²) in [5.74, 6) is -1.32. The maximum Gasteiger partial charge on any atom is 0.326 e. The van der Waals surface area contributed by atoms with E-state index in [0.717, 1.165) is 16.7 Å². The van der Waals surface area contributed by atoms with Crippen molar-refractivity contribution in [3.05, 3.63) is 53.1 Å². The van der Waals surface area contributed by atoms with E-state index in [1.54, 1.807) is 24.3 Å². The fourth-order valence-corrected chi connectivity index (χ4v) is 4.05. The van der Waals surface area contributed by atoms with Crippen LogP contribution in [0.25, 0.3) is 0 Å². The molecule has 0 aliphatic carbocycles. The van der Waals surface area contributed by atoms with Crippen LogP contribution in [0.2, 0.25) is 0 Å². The van der Waals surface area contributed by atoms with E-state index in [2.05, 4.69) is 0 Å². The molecule has 1 N–H and O–H groups in total. The van der Waals surface area contributed by atoms with Gasteiger partial charge in [0.05, 0.1) is 4.90 Å². The number of carbonyl (C=O) groups is 1. The molecule has 4 nitrogen and oxygen atoms in total. The van der Waals surface area contributed by atoms with E-state index in [4.69, 9.17) is 0 Å². The van der Waals surface area contributed by atoms with Gasteiger partial charge in [-0.15, -0.1) is 0 Å². The molecule has 0 saturated carbocycles. The molecule has 0 aliphatic rings. The Hall–Kier alpha value is -1.88. The number of hydrogen-bond acceptors (Lipinski definition) is 3. The number of carboxylic acid groups (broad SMARTS) is 1. The van der Waals surface area contributed by atoms with Crippen LogP contribution < -0.4 is 0 Å². The van der Waals surface area contributed by atoms with Crippen LogP contribution in [0.5, 0.6) is 0 Å². The van der Waals surface area contributed by atoms with Crippen molar-refractivity contribution >= 4 is 15.8 Å². The van der Waals surface area contributed by atoms with Crippen LogP contribution in [0.15, 0.2) is 52.5 Å². The number of benzene rings is 1. The monoisotopic (exact) mass is 350 g/mol. The molecule has 0 saturated heterocycles. The average Bonchev–Trinajstić information content (AvgIpc) is 2.46. The minimum absolute atomic E-state index is 0.0415. The van der Waals surface area contributed by atoms with E-state index < -0.39 is 20.6 Å². The second-order valence-electron chi connectivity index (χ2n) is 6.59. The Morgan fingerprint density at radius 3 is 1.75 bits per heavy atom. The molecule has 0 aliphatic heterocycles. The molecule has 1 rings (SSSR count). The van der Waals surface area contributed by atoms with Gasteiger partial charge in [0, 0.05) is 0 Å². The van der Waals surface area contributed by atoms with Crippen LogP contribution in [0.4, 0.5) is 0 Å². The molecular formula is C19H26O4S. The molecule has 0 radical (unpaired) electrons. The summed E-state index contributed by atoms with van der Waals surface area (Å²) >= 11 is 0. The van der Waals surface area contributed by atoms with Crippen LogP contribution in [-0.2, 0) is 14.6 Å². The first-order valence-corrected chi connectivity index (χ1v) is 9.32. The number of aliphatic carboxylic acids is 1. The van der Waals surface area contributed by atoms with E-state index in [-0.39, 0.29) is 17.7 Å². The highest BCUT2D eigenvalue weighted by Gasteiger charge is 2.50. The maximum atomic E-state index is 13.2. The lowest BCUT2D eigenvalue weighted by atomic mass is 9.97. The highest BCUT2D eigenvalue weighted by atomic mass is 32.2. The molecule has 24 heavy (non-hydrogen) atoms. The molecule has 0 bridgehead atoms. The molecule has 0 amide bonds. The van der Waals surface area contributed by atoms with Gasteiger partial charge in [0.25, 0.3) is 0 Å². The SMILES string of the molecule is CC(C)=CCC(CC=C(C)C)(C(=O)O)S(=O)(=O)c1ccc(C)cc1. The number of sulfone groups is 1. The van der Waals surface area contributed by atoms with Gasteiger partial charge in [-0.05, 0) is 59.6 Å². The Labute approximate surface area is 144 Å². The second-order valence-corrected chi connectivity index (χ2v) is 8.85. The smallest absolute Gasteiger partial charge is 0.326 e. The van der Waals surface area contributed by atoms with E-state index in [1.165, 1.54) is 12.1 Å². The number of aryl methyl sites for hydroxylation is 1. The fourth-order valence-electron chi connectivity index (χ4n) is 2.27. The minimum atomic E-state index is -4.06. The van der Waals surface area contributed by atoms with Crippen molar-refractivity contribution in [3.8, 4) is 0 Å². The Morgan fingerprint density at radius 1 is 1.00 bits per heavy atom. The van der Waals surface area contributed by atoms with Gasteiger partial charge >= 0.3 is 5.97 Å². The van der Waals surface area contributed by atoms with Gasteiger partial charge in [-0.1, -0.05) is 41.0 Å². The van der Waals surface area contributed by atoms with Crippen molar-refractivity contribution in [2.45, 2.75) is 57.1 Å². The standard InChI is InChI=1S/C19H26O4S/c1-14(2)10-12-19(18(20)21,13-11-15(3)4)24(22,23)17-8-6-16(5)7-9-17/h6-11H,12-13H2,1-5H3,(H,20,21). The number of carboxylic acids is 1. The van der Waals surface area contributed by atoms with Crippen molar-refractivity contribution in [2.75, 3.05) is 0 Å². The minimum Gasteiger partial charge on any atom is -0.480 e. The number of hydrogen-bond donors (Lipinski definition) is 1. The van der Waals surface area contributed by atoms with E-state index in [9.17, 15) is 18.3 Å². The molecule has 0 fully saturated rings. The average molecular weight is 350 g/mol. The summed E-state index contributed by atoms with van der Waals surface area (Å²) in [6, 6.07) is 6.32. The van der Waals surface area contributed by atoms with Gasteiger partial charge in [-0.2, -0.15) is 0 Å². The van der Waals surface area contributed by atoms with Crippen molar-refractivity contribution in [3.63, 3.8) is 0 Å². The molecule has 1 aromatic rings. The highest BCUT2D eigenvalue weighted by molar-refractivity contribution is 7.93. The second kappa shape index (κ2) is 7.79. The Morgan fingerprint density at radius 2 is 1.42 bits per heavy atom. The maximum absolute atomic E-state index is 13.2. The summed E-state index contributed by atoms with van der Waals surface area (Å²) in [4.78, 5) is 12.1. The van der Waals surface area contributed by atoms with Crippen LogP contribution in [0, 0.1) is 6.92 Å². The van der Waals surface area contributed by atoms with Crippen molar-refractivity contribution in [2.24, 2.45) is 0 Å². The first-order valence-electron chi connectivity index (χ1n) is 7.84. The quantitative estimate of drug-likeness (QED) is 0.744. The molecular weight excluding hydrogens is 324 g/mol. The lowest BCUT2D eigenvalue weighted by Crippen LogP contribution is -2.46. The normalized spacial score (nSPS) is 11.7. The third-order valence-electron chi connectivity index (χ3n) is 3.92. The third kappa shape index (κ3) is 4.35. The van der Waals surface area contributed by atoms with Crippen LogP contribution in [-0.4, -0.2) is 24.2 Å². The fraction of sp³-hybridized carbons (Fsp3) is 0.421. The Bertz CT molecular complexity index is 725. The van der Waals surface area contributed by atoms with Crippen LogP contribution in [0.1, 0.15) is 46.1 Å². The molecule has 0 aromatic heterocycles. The number of allylic oxidation sites excluding steroid dienone is 4. The Balaban J connectivity index is 3.58. The first kappa shape index (κ1) is 20.2. The van der Waals surface area contributed by atoms with Crippen LogP contribution in [0.3, 0.4) is 0 Å². The molecule has 5 heteroatoms. The molecule has 0 unspecified atom stereocenters. The summed E-state index contributed by atoms with van der Waals surface area (Å²) < 4.78 is 24.5. The van der Waals surface area contributed by atoms with E-state index in [0.29, 0.717) is 0 Å². The van der Waals surface area contributed by atoms with E-state index in [1.807, 2.05) is 34.6 Å². The van der Waals surface area contributed by atoms with Crippen molar-refractivity contribution < 1.29 is 18.3 Å².